The number of carbonyl (C=O) groups is 1. The lowest BCUT2D eigenvalue weighted by Crippen LogP contribution is -1.97. The van der Waals surface area contributed by atoms with Gasteiger partial charge in [0.1, 0.15) is 11.5 Å². The van der Waals surface area contributed by atoms with Crippen molar-refractivity contribution in [3.63, 3.8) is 0 Å². The molecule has 0 spiro atoms. The number of carboxylic acid groups (broad SMARTS) is 1. The molecule has 0 saturated heterocycles. The second kappa shape index (κ2) is 9.38. The predicted octanol–water partition coefficient (Wildman–Crippen LogP) is 7.64. The number of aromatic carboxylic acids is 1. The number of pyridine rings is 1. The van der Waals surface area contributed by atoms with Crippen LogP contribution >= 0.6 is 11.6 Å². The minimum atomic E-state index is -0.995. The van der Waals surface area contributed by atoms with E-state index in [0.717, 1.165) is 34.0 Å². The molecule has 166 valence electrons. The van der Waals surface area contributed by atoms with Crippen molar-refractivity contribution < 1.29 is 14.6 Å². The van der Waals surface area contributed by atoms with E-state index < -0.39 is 5.97 Å². The molecule has 0 fully saturated rings. The first kappa shape index (κ1) is 21.7. The Labute approximate surface area is 202 Å². The minimum absolute atomic E-state index is 0.175. The van der Waals surface area contributed by atoms with E-state index in [9.17, 15) is 9.90 Å². The van der Waals surface area contributed by atoms with Crippen molar-refractivity contribution in [1.29, 1.82) is 0 Å². The van der Waals surface area contributed by atoms with Crippen molar-refractivity contribution in [2.24, 2.45) is 0 Å². The van der Waals surface area contributed by atoms with Gasteiger partial charge in [0, 0.05) is 11.6 Å². The van der Waals surface area contributed by atoms with Crippen molar-refractivity contribution in [3.05, 3.63) is 125 Å². The van der Waals surface area contributed by atoms with Crippen LogP contribution in [0.3, 0.4) is 0 Å². The van der Waals surface area contributed by atoms with Crippen LogP contribution in [0.15, 0.2) is 103 Å². The second-order valence-electron chi connectivity index (χ2n) is 7.92. The molecule has 0 bridgehead atoms. The molecule has 0 aliphatic rings. The summed E-state index contributed by atoms with van der Waals surface area (Å²) in [5.41, 5.74) is 5.19. The summed E-state index contributed by atoms with van der Waals surface area (Å²) in [5.74, 6) is 0.0757. The molecule has 0 aliphatic heterocycles. The maximum atomic E-state index is 11.3. The molecule has 1 aromatic heterocycles. The molecule has 4 nitrogen and oxygen atoms in total. The number of carboxylic acids is 1. The molecule has 0 atom stereocenters. The molecule has 5 aromatic rings. The van der Waals surface area contributed by atoms with E-state index >= 15 is 0 Å². The average molecular weight is 466 g/mol. The molecule has 34 heavy (non-hydrogen) atoms. The highest BCUT2D eigenvalue weighted by molar-refractivity contribution is 6.35. The van der Waals surface area contributed by atoms with Gasteiger partial charge in [-0.2, -0.15) is 0 Å². The molecule has 0 aliphatic carbocycles. The van der Waals surface area contributed by atoms with E-state index in [1.807, 2.05) is 66.9 Å². The van der Waals surface area contributed by atoms with Crippen LogP contribution in [0.25, 0.3) is 22.0 Å². The highest BCUT2D eigenvalue weighted by atomic mass is 35.5. The lowest BCUT2D eigenvalue weighted by molar-refractivity contribution is 0.0696. The zero-order chi connectivity index (χ0) is 23.5. The second-order valence-corrected chi connectivity index (χ2v) is 8.33. The Morgan fingerprint density at radius 1 is 0.853 bits per heavy atom. The normalized spacial score (nSPS) is 10.9. The maximum absolute atomic E-state index is 11.3. The first-order chi connectivity index (χ1) is 16.6. The van der Waals surface area contributed by atoms with Crippen molar-refractivity contribution in [2.75, 3.05) is 0 Å². The summed E-state index contributed by atoms with van der Waals surface area (Å²) in [5, 5.41) is 10.8. The molecule has 1 heterocycles. The number of hydrogen-bond donors (Lipinski definition) is 1. The fraction of sp³-hybridized carbons (Fsp3) is 0.0345. The van der Waals surface area contributed by atoms with Crippen LogP contribution < -0.4 is 4.74 Å². The highest BCUT2D eigenvalue weighted by Gasteiger charge is 2.15. The minimum Gasteiger partial charge on any atom is -0.478 e. The summed E-state index contributed by atoms with van der Waals surface area (Å²) in [7, 11) is 0. The van der Waals surface area contributed by atoms with Crippen LogP contribution in [-0.2, 0) is 6.42 Å². The summed E-state index contributed by atoms with van der Waals surface area (Å²) in [6.45, 7) is 0. The number of ether oxygens (including phenoxy) is 1. The standard InChI is InChI=1S/C29H20ClNO3/c30-26-14-6-13-25-27(22(18-31-28(25)26)15-19-7-2-1-3-8-19)20-9-4-11-23(16-20)34-24-12-5-10-21(17-24)29(32)33/h1-14,16-18H,15H2,(H,32,33). The fourth-order valence-corrected chi connectivity index (χ4v) is 4.29. The van der Waals surface area contributed by atoms with E-state index in [4.69, 9.17) is 16.3 Å². The van der Waals surface area contributed by atoms with E-state index in [-0.39, 0.29) is 5.56 Å². The maximum Gasteiger partial charge on any atom is 0.335 e. The number of halogens is 1. The van der Waals surface area contributed by atoms with Gasteiger partial charge in [-0.3, -0.25) is 4.98 Å². The number of fused-ring (bicyclic) bond motifs is 1. The number of nitrogens with zero attached hydrogens (tertiary/aromatic N) is 1. The van der Waals surface area contributed by atoms with Crippen molar-refractivity contribution in [3.8, 4) is 22.6 Å². The Bertz CT molecular complexity index is 1500. The Balaban J connectivity index is 1.60. The van der Waals surface area contributed by atoms with E-state index in [1.54, 1.807) is 12.1 Å². The van der Waals surface area contributed by atoms with Crippen LogP contribution in [0.5, 0.6) is 11.5 Å². The zero-order valence-electron chi connectivity index (χ0n) is 18.1. The molecule has 0 saturated carbocycles. The molecular formula is C29H20ClNO3. The van der Waals surface area contributed by atoms with Crippen molar-refractivity contribution >= 4 is 28.5 Å². The van der Waals surface area contributed by atoms with Gasteiger partial charge < -0.3 is 9.84 Å². The molecule has 0 unspecified atom stereocenters. The van der Waals surface area contributed by atoms with Gasteiger partial charge in [0.05, 0.1) is 16.1 Å². The van der Waals surface area contributed by atoms with E-state index in [0.29, 0.717) is 16.5 Å². The van der Waals surface area contributed by atoms with Gasteiger partial charge in [-0.15, -0.1) is 0 Å². The monoisotopic (exact) mass is 465 g/mol. The van der Waals surface area contributed by atoms with Crippen molar-refractivity contribution in [1.82, 2.24) is 4.98 Å². The number of para-hydroxylation sites is 1. The summed E-state index contributed by atoms with van der Waals surface area (Å²) >= 11 is 6.47. The molecule has 5 rings (SSSR count). The summed E-state index contributed by atoms with van der Waals surface area (Å²) in [6.07, 6.45) is 2.61. The zero-order valence-corrected chi connectivity index (χ0v) is 18.9. The Hall–Kier alpha value is -4.15. The lowest BCUT2D eigenvalue weighted by atomic mass is 9.93. The highest BCUT2D eigenvalue weighted by Crippen LogP contribution is 2.37. The van der Waals surface area contributed by atoms with Gasteiger partial charge in [0.2, 0.25) is 0 Å². The van der Waals surface area contributed by atoms with Crippen LogP contribution in [0.1, 0.15) is 21.5 Å². The van der Waals surface area contributed by atoms with Crippen molar-refractivity contribution in [2.45, 2.75) is 6.42 Å². The number of aromatic nitrogens is 1. The first-order valence-electron chi connectivity index (χ1n) is 10.8. The third kappa shape index (κ3) is 4.49. The number of benzene rings is 4. The van der Waals surface area contributed by atoms with Gasteiger partial charge in [-0.05, 0) is 65.1 Å². The van der Waals surface area contributed by atoms with Crippen LogP contribution in [-0.4, -0.2) is 16.1 Å². The first-order valence-corrected chi connectivity index (χ1v) is 11.2. The molecule has 5 heteroatoms. The Kier molecular flexibility index (Phi) is 5.98. The summed E-state index contributed by atoms with van der Waals surface area (Å²) < 4.78 is 6.02. The van der Waals surface area contributed by atoms with Gasteiger partial charge in [-0.25, -0.2) is 4.79 Å². The Morgan fingerprint density at radius 2 is 1.59 bits per heavy atom. The molecule has 0 radical (unpaired) electrons. The van der Waals surface area contributed by atoms with Crippen LogP contribution in [0.4, 0.5) is 0 Å². The molecule has 1 N–H and O–H groups in total. The van der Waals surface area contributed by atoms with Gasteiger partial charge in [0.25, 0.3) is 0 Å². The summed E-state index contributed by atoms with van der Waals surface area (Å²) in [6, 6.07) is 30.3. The van der Waals surface area contributed by atoms with Gasteiger partial charge in [-0.1, -0.05) is 72.3 Å². The van der Waals surface area contributed by atoms with Gasteiger partial charge >= 0.3 is 5.97 Å². The molecule has 4 aromatic carbocycles. The SMILES string of the molecule is O=C(O)c1cccc(Oc2cccc(-c3c(Cc4ccccc4)cnc4c(Cl)cccc34)c2)c1. The quantitative estimate of drug-likeness (QED) is 0.280. The van der Waals surface area contributed by atoms with Crippen LogP contribution in [0, 0.1) is 0 Å². The third-order valence-electron chi connectivity index (χ3n) is 5.60. The van der Waals surface area contributed by atoms with Gasteiger partial charge in [0.15, 0.2) is 0 Å². The Morgan fingerprint density at radius 3 is 2.38 bits per heavy atom. The third-order valence-corrected chi connectivity index (χ3v) is 5.91. The van der Waals surface area contributed by atoms with E-state index in [1.165, 1.54) is 17.7 Å². The predicted molar refractivity (Wildman–Crippen MR) is 135 cm³/mol. The molecule has 0 amide bonds. The molecular weight excluding hydrogens is 446 g/mol. The summed E-state index contributed by atoms with van der Waals surface area (Å²) in [4.78, 5) is 16.0. The van der Waals surface area contributed by atoms with E-state index in [2.05, 4.69) is 17.1 Å². The fourth-order valence-electron chi connectivity index (χ4n) is 4.06. The smallest absolute Gasteiger partial charge is 0.335 e. The average Bonchev–Trinajstić information content (AvgIpc) is 2.85. The number of hydrogen-bond acceptors (Lipinski definition) is 3. The van der Waals surface area contributed by atoms with Crippen LogP contribution in [0.2, 0.25) is 5.02 Å². The number of rotatable bonds is 6. The lowest BCUT2D eigenvalue weighted by Gasteiger charge is -2.15. The topological polar surface area (TPSA) is 59.4 Å². The largest absolute Gasteiger partial charge is 0.478 e.